The molecule has 0 saturated heterocycles. The second-order valence-electron chi connectivity index (χ2n) is 4.53. The summed E-state index contributed by atoms with van der Waals surface area (Å²) < 4.78 is 33.6. The van der Waals surface area contributed by atoms with Crippen LogP contribution < -0.4 is 4.72 Å². The molecule has 0 spiro atoms. The van der Waals surface area contributed by atoms with Crippen LogP contribution in [0.4, 0.5) is 0 Å². The topological polar surface area (TPSA) is 59.3 Å². The minimum atomic E-state index is -3.47. The Morgan fingerprint density at radius 3 is 2.55 bits per heavy atom. The first kappa shape index (κ1) is 15.5. The highest BCUT2D eigenvalue weighted by atomic mass is 79.9. The van der Waals surface area contributed by atoms with Gasteiger partial charge in [-0.3, -0.25) is 0 Å². The Labute approximate surface area is 141 Å². The molecule has 2 aromatic heterocycles. The fourth-order valence-corrected chi connectivity index (χ4v) is 4.19. The number of nitrogens with one attached hydrogen (secondary N) is 1. The fraction of sp³-hybridized carbons (Fsp3) is 0.0667. The van der Waals surface area contributed by atoms with Gasteiger partial charge in [-0.25, -0.2) is 13.1 Å². The van der Waals surface area contributed by atoms with Crippen LogP contribution in [-0.4, -0.2) is 8.42 Å². The molecule has 3 rings (SSSR count). The number of hydrogen-bond acceptors (Lipinski definition) is 4. The lowest BCUT2D eigenvalue weighted by Gasteiger charge is -2.02. The van der Waals surface area contributed by atoms with E-state index in [-0.39, 0.29) is 6.54 Å². The highest BCUT2D eigenvalue weighted by molar-refractivity contribution is 9.10. The Kier molecular flexibility index (Phi) is 4.49. The van der Waals surface area contributed by atoms with E-state index in [4.69, 9.17) is 4.42 Å². The van der Waals surface area contributed by atoms with Crippen LogP contribution in [0.2, 0.25) is 0 Å². The van der Waals surface area contributed by atoms with Gasteiger partial charge in [-0.2, -0.15) is 0 Å². The third kappa shape index (κ3) is 3.49. The smallest absolute Gasteiger partial charge is 0.250 e. The fourth-order valence-electron chi connectivity index (χ4n) is 1.90. The summed E-state index contributed by atoms with van der Waals surface area (Å²) in [5.41, 5.74) is 0.940. The van der Waals surface area contributed by atoms with Gasteiger partial charge < -0.3 is 4.42 Å². The largest absolute Gasteiger partial charge is 0.460 e. The van der Waals surface area contributed by atoms with E-state index in [9.17, 15) is 8.42 Å². The molecule has 0 unspecified atom stereocenters. The van der Waals surface area contributed by atoms with Crippen LogP contribution in [0.3, 0.4) is 0 Å². The Hall–Kier alpha value is -1.41. The van der Waals surface area contributed by atoms with Crippen LogP contribution in [0, 0.1) is 0 Å². The van der Waals surface area contributed by atoms with Crippen molar-refractivity contribution in [1.82, 2.24) is 4.72 Å². The summed E-state index contributed by atoms with van der Waals surface area (Å²) in [6.45, 7) is 0.122. The van der Waals surface area contributed by atoms with Crippen LogP contribution in [-0.2, 0) is 16.6 Å². The van der Waals surface area contributed by atoms with Crippen LogP contribution >= 0.6 is 27.3 Å². The van der Waals surface area contributed by atoms with Gasteiger partial charge in [0.2, 0.25) is 10.0 Å². The maximum atomic E-state index is 12.0. The first-order valence-electron chi connectivity index (χ1n) is 6.42. The summed E-state index contributed by atoms with van der Waals surface area (Å²) in [6.07, 6.45) is 0. The van der Waals surface area contributed by atoms with E-state index in [2.05, 4.69) is 20.7 Å². The van der Waals surface area contributed by atoms with Crippen molar-refractivity contribution in [2.45, 2.75) is 10.8 Å². The Balaban J connectivity index is 1.71. The number of hydrogen-bond donors (Lipinski definition) is 1. The number of furan rings is 1. The molecule has 2 heterocycles. The lowest BCUT2D eigenvalue weighted by atomic mass is 10.2. The van der Waals surface area contributed by atoms with Gasteiger partial charge in [0.05, 0.1) is 6.54 Å². The molecule has 0 atom stereocenters. The van der Waals surface area contributed by atoms with Crippen molar-refractivity contribution >= 4 is 37.3 Å². The molecule has 1 N–H and O–H groups in total. The van der Waals surface area contributed by atoms with Crippen molar-refractivity contribution in [2.24, 2.45) is 0 Å². The van der Waals surface area contributed by atoms with E-state index in [0.29, 0.717) is 15.7 Å². The molecule has 0 aliphatic rings. The SMILES string of the molecule is O=S(=O)(NCc1ccc(-c2ccc(Br)cc2)o1)c1cccs1. The van der Waals surface area contributed by atoms with Gasteiger partial charge in [0.15, 0.2) is 0 Å². The van der Waals surface area contributed by atoms with Crippen molar-refractivity contribution in [3.05, 3.63) is 64.1 Å². The molecule has 22 heavy (non-hydrogen) atoms. The molecule has 3 aromatic rings. The normalized spacial score (nSPS) is 11.7. The van der Waals surface area contributed by atoms with Gasteiger partial charge in [0, 0.05) is 10.0 Å². The van der Waals surface area contributed by atoms with E-state index in [1.807, 2.05) is 30.3 Å². The maximum Gasteiger partial charge on any atom is 0.250 e. The molecule has 0 saturated carbocycles. The van der Waals surface area contributed by atoms with Gasteiger partial charge >= 0.3 is 0 Å². The number of sulfonamides is 1. The van der Waals surface area contributed by atoms with Gasteiger partial charge in [-0.15, -0.1) is 11.3 Å². The lowest BCUT2D eigenvalue weighted by molar-refractivity contribution is 0.510. The number of halogens is 1. The lowest BCUT2D eigenvalue weighted by Crippen LogP contribution is -2.22. The summed E-state index contributed by atoms with van der Waals surface area (Å²) >= 11 is 4.57. The third-order valence-electron chi connectivity index (χ3n) is 2.99. The molecule has 0 aliphatic heterocycles. The van der Waals surface area contributed by atoms with E-state index in [1.165, 1.54) is 11.3 Å². The van der Waals surface area contributed by atoms with E-state index >= 15 is 0 Å². The molecule has 0 amide bonds. The molecule has 1 aromatic carbocycles. The minimum absolute atomic E-state index is 0.122. The average molecular weight is 398 g/mol. The Morgan fingerprint density at radius 2 is 1.86 bits per heavy atom. The van der Waals surface area contributed by atoms with Gasteiger partial charge in [-0.05, 0) is 35.7 Å². The van der Waals surface area contributed by atoms with Gasteiger partial charge in [0.25, 0.3) is 0 Å². The number of rotatable bonds is 5. The predicted octanol–water partition coefficient (Wildman–Crippen LogP) is 4.25. The molecule has 0 aliphatic carbocycles. The maximum absolute atomic E-state index is 12.0. The van der Waals surface area contributed by atoms with Gasteiger partial charge in [-0.1, -0.05) is 34.1 Å². The zero-order valence-corrected chi connectivity index (χ0v) is 14.5. The zero-order chi connectivity index (χ0) is 15.6. The van der Waals surface area contributed by atoms with Crippen LogP contribution in [0.5, 0.6) is 0 Å². The van der Waals surface area contributed by atoms with E-state index < -0.39 is 10.0 Å². The standard InChI is InChI=1S/C15H12BrNO3S2/c16-12-5-3-11(4-6-12)14-8-7-13(20-14)10-17-22(18,19)15-2-1-9-21-15/h1-9,17H,10H2. The molecule has 114 valence electrons. The molecule has 0 radical (unpaired) electrons. The first-order chi connectivity index (χ1) is 10.5. The van der Waals surface area contributed by atoms with Crippen molar-refractivity contribution in [3.63, 3.8) is 0 Å². The van der Waals surface area contributed by atoms with E-state index in [1.54, 1.807) is 23.6 Å². The van der Waals surface area contributed by atoms with Crippen LogP contribution in [0.25, 0.3) is 11.3 Å². The van der Waals surface area contributed by atoms with Crippen molar-refractivity contribution < 1.29 is 12.8 Å². The monoisotopic (exact) mass is 397 g/mol. The highest BCUT2D eigenvalue weighted by Gasteiger charge is 2.15. The van der Waals surface area contributed by atoms with Crippen molar-refractivity contribution in [2.75, 3.05) is 0 Å². The minimum Gasteiger partial charge on any atom is -0.460 e. The third-order valence-corrected chi connectivity index (χ3v) is 6.31. The number of thiophene rings is 1. The quantitative estimate of drug-likeness (QED) is 0.699. The Morgan fingerprint density at radius 1 is 1.09 bits per heavy atom. The summed E-state index contributed by atoms with van der Waals surface area (Å²) in [7, 11) is -3.47. The molecule has 7 heteroatoms. The summed E-state index contributed by atoms with van der Waals surface area (Å²) in [6, 6.07) is 14.6. The van der Waals surface area contributed by atoms with E-state index in [0.717, 1.165) is 10.0 Å². The summed E-state index contributed by atoms with van der Waals surface area (Å²) in [4.78, 5) is 0. The van der Waals surface area contributed by atoms with Crippen molar-refractivity contribution in [1.29, 1.82) is 0 Å². The Bertz CT molecular complexity index is 853. The van der Waals surface area contributed by atoms with Crippen LogP contribution in [0.15, 0.2) is 67.0 Å². The molecule has 4 nitrogen and oxygen atoms in total. The molecule has 0 fully saturated rings. The second-order valence-corrected chi connectivity index (χ2v) is 8.39. The highest BCUT2D eigenvalue weighted by Crippen LogP contribution is 2.24. The molecular formula is C15H12BrNO3S2. The zero-order valence-electron chi connectivity index (χ0n) is 11.3. The average Bonchev–Trinajstić information content (AvgIpc) is 3.18. The summed E-state index contributed by atoms with van der Waals surface area (Å²) in [5, 5.41) is 1.73. The second kappa shape index (κ2) is 6.37. The van der Waals surface area contributed by atoms with Crippen LogP contribution in [0.1, 0.15) is 5.76 Å². The number of benzene rings is 1. The molecule has 0 bridgehead atoms. The van der Waals surface area contributed by atoms with Gasteiger partial charge in [0.1, 0.15) is 15.7 Å². The predicted molar refractivity (Wildman–Crippen MR) is 90.2 cm³/mol. The molecular weight excluding hydrogens is 386 g/mol. The first-order valence-corrected chi connectivity index (χ1v) is 9.58. The van der Waals surface area contributed by atoms with Crippen molar-refractivity contribution in [3.8, 4) is 11.3 Å². The summed E-state index contributed by atoms with van der Waals surface area (Å²) in [5.74, 6) is 1.27.